The molecule has 0 N–H and O–H groups in total. The van der Waals surface area contributed by atoms with Crippen molar-refractivity contribution in [1.29, 1.82) is 0 Å². The largest absolute Gasteiger partial charge is 0.378 e. The number of benzene rings is 1. The van der Waals surface area contributed by atoms with Crippen molar-refractivity contribution in [3.8, 4) is 11.3 Å². The van der Waals surface area contributed by atoms with Crippen LogP contribution in [0.1, 0.15) is 5.56 Å². The van der Waals surface area contributed by atoms with Crippen LogP contribution in [0.2, 0.25) is 0 Å². The van der Waals surface area contributed by atoms with Gasteiger partial charge < -0.3 is 4.90 Å². The van der Waals surface area contributed by atoms with Gasteiger partial charge in [-0.25, -0.2) is 9.97 Å². The third kappa shape index (κ3) is 3.19. The summed E-state index contributed by atoms with van der Waals surface area (Å²) in [5.74, 6) is 0. The van der Waals surface area contributed by atoms with Crippen molar-refractivity contribution in [1.82, 2.24) is 24.7 Å². The topological polar surface area (TPSA) is 59.7 Å². The highest BCUT2D eigenvalue weighted by atomic mass is 15.3. The van der Waals surface area contributed by atoms with Crippen molar-refractivity contribution in [2.75, 3.05) is 19.0 Å². The minimum atomic E-state index is 0.645. The van der Waals surface area contributed by atoms with Crippen LogP contribution in [0, 0.1) is 0 Å². The molecule has 0 radical (unpaired) electrons. The number of nitrogens with zero attached hydrogens (tertiary/aromatic N) is 6. The molecular weight excluding hydrogens is 312 g/mol. The van der Waals surface area contributed by atoms with Crippen molar-refractivity contribution in [3.05, 3.63) is 66.7 Å². The summed E-state index contributed by atoms with van der Waals surface area (Å²) in [6.07, 6.45) is 7.29. The van der Waals surface area contributed by atoms with Crippen molar-refractivity contribution in [2.24, 2.45) is 0 Å². The zero-order chi connectivity index (χ0) is 17.2. The molecule has 124 valence electrons. The molecule has 4 rings (SSSR count). The van der Waals surface area contributed by atoms with E-state index in [1.165, 1.54) is 11.3 Å². The van der Waals surface area contributed by atoms with Gasteiger partial charge in [0, 0.05) is 37.7 Å². The Morgan fingerprint density at radius 3 is 2.84 bits per heavy atom. The normalized spacial score (nSPS) is 11.0. The Kier molecular flexibility index (Phi) is 3.85. The van der Waals surface area contributed by atoms with E-state index in [4.69, 9.17) is 0 Å². The molecule has 0 bridgehead atoms. The van der Waals surface area contributed by atoms with Gasteiger partial charge in [-0.3, -0.25) is 9.67 Å². The van der Waals surface area contributed by atoms with Crippen molar-refractivity contribution in [3.63, 3.8) is 0 Å². The fourth-order valence-corrected chi connectivity index (χ4v) is 2.69. The molecule has 0 atom stereocenters. The molecule has 0 saturated carbocycles. The van der Waals surface area contributed by atoms with Gasteiger partial charge in [0.05, 0.1) is 24.6 Å². The first kappa shape index (κ1) is 15.3. The molecule has 6 nitrogen and oxygen atoms in total. The summed E-state index contributed by atoms with van der Waals surface area (Å²) in [4.78, 5) is 15.3. The smallest absolute Gasteiger partial charge is 0.178 e. The van der Waals surface area contributed by atoms with E-state index in [0.29, 0.717) is 12.2 Å². The van der Waals surface area contributed by atoms with Gasteiger partial charge in [-0.2, -0.15) is 5.10 Å². The van der Waals surface area contributed by atoms with Gasteiger partial charge in [0.15, 0.2) is 5.65 Å². The van der Waals surface area contributed by atoms with Crippen LogP contribution in [0.25, 0.3) is 22.4 Å². The van der Waals surface area contributed by atoms with Crippen LogP contribution in [-0.2, 0) is 6.54 Å². The lowest BCUT2D eigenvalue weighted by Gasteiger charge is -2.13. The van der Waals surface area contributed by atoms with Crippen LogP contribution in [-0.4, -0.2) is 38.8 Å². The first-order valence-corrected chi connectivity index (χ1v) is 8.06. The molecule has 4 aromatic rings. The lowest BCUT2D eigenvalue weighted by molar-refractivity contribution is 0.687. The van der Waals surface area contributed by atoms with E-state index in [2.05, 4.69) is 49.2 Å². The van der Waals surface area contributed by atoms with Crippen LogP contribution in [0.3, 0.4) is 0 Å². The van der Waals surface area contributed by atoms with Crippen LogP contribution >= 0.6 is 0 Å². The minimum Gasteiger partial charge on any atom is -0.378 e. The number of pyridine rings is 1. The van der Waals surface area contributed by atoms with Gasteiger partial charge in [-0.05, 0) is 29.8 Å². The zero-order valence-corrected chi connectivity index (χ0v) is 14.2. The monoisotopic (exact) mass is 330 g/mol. The summed E-state index contributed by atoms with van der Waals surface area (Å²) in [6, 6.07) is 12.2. The highest BCUT2D eigenvalue weighted by molar-refractivity contribution is 5.72. The molecule has 0 aliphatic heterocycles. The van der Waals surface area contributed by atoms with Crippen LogP contribution in [0.15, 0.2) is 61.2 Å². The number of aromatic nitrogens is 5. The molecule has 0 aliphatic carbocycles. The third-order valence-corrected chi connectivity index (χ3v) is 4.02. The summed E-state index contributed by atoms with van der Waals surface area (Å²) >= 11 is 0. The maximum absolute atomic E-state index is 4.57. The van der Waals surface area contributed by atoms with Crippen molar-refractivity contribution in [2.45, 2.75) is 6.54 Å². The van der Waals surface area contributed by atoms with Crippen LogP contribution in [0.4, 0.5) is 5.69 Å². The summed E-state index contributed by atoms with van der Waals surface area (Å²) in [7, 11) is 4.08. The summed E-state index contributed by atoms with van der Waals surface area (Å²) in [6.45, 7) is 0.709. The first-order valence-electron chi connectivity index (χ1n) is 8.06. The number of hydrogen-bond acceptors (Lipinski definition) is 5. The van der Waals surface area contributed by atoms with E-state index in [9.17, 15) is 0 Å². The molecule has 25 heavy (non-hydrogen) atoms. The zero-order valence-electron chi connectivity index (χ0n) is 14.2. The van der Waals surface area contributed by atoms with E-state index < -0.39 is 0 Å². The molecule has 6 heteroatoms. The Morgan fingerprint density at radius 1 is 1.04 bits per heavy atom. The Labute approximate surface area is 145 Å². The van der Waals surface area contributed by atoms with Gasteiger partial charge in [0.25, 0.3) is 0 Å². The highest BCUT2D eigenvalue weighted by Gasteiger charge is 2.07. The Hall–Kier alpha value is -3.28. The second-order valence-electron chi connectivity index (χ2n) is 6.09. The summed E-state index contributed by atoms with van der Waals surface area (Å²) < 4.78 is 1.91. The molecule has 0 fully saturated rings. The predicted octanol–water partition coefficient (Wildman–Crippen LogP) is 3.00. The highest BCUT2D eigenvalue weighted by Crippen LogP contribution is 2.19. The quantitative estimate of drug-likeness (QED) is 0.576. The Morgan fingerprint density at radius 2 is 1.96 bits per heavy atom. The number of hydrogen-bond donors (Lipinski definition) is 0. The fraction of sp³-hybridized carbons (Fsp3) is 0.158. The van der Waals surface area contributed by atoms with Crippen molar-refractivity contribution >= 4 is 16.9 Å². The van der Waals surface area contributed by atoms with E-state index in [-0.39, 0.29) is 0 Å². The van der Waals surface area contributed by atoms with Gasteiger partial charge in [0.2, 0.25) is 0 Å². The van der Waals surface area contributed by atoms with Crippen molar-refractivity contribution < 1.29 is 0 Å². The molecule has 3 aromatic heterocycles. The molecule has 0 spiro atoms. The standard InChI is InChI=1S/C19H18N6/c1-24(2)16-6-3-5-14(9-16)12-25-13-15(10-22-25)18-11-21-17-7-4-8-20-19(17)23-18/h3-11,13H,12H2,1-2H3. The van der Waals surface area contributed by atoms with E-state index in [1.54, 1.807) is 12.4 Å². The summed E-state index contributed by atoms with van der Waals surface area (Å²) in [5, 5.41) is 4.46. The lowest BCUT2D eigenvalue weighted by atomic mass is 10.2. The predicted molar refractivity (Wildman–Crippen MR) is 98.4 cm³/mol. The molecule has 1 aromatic carbocycles. The van der Waals surface area contributed by atoms with Gasteiger partial charge >= 0.3 is 0 Å². The van der Waals surface area contributed by atoms with E-state index in [0.717, 1.165) is 16.8 Å². The third-order valence-electron chi connectivity index (χ3n) is 4.02. The molecular formula is C19H18N6. The van der Waals surface area contributed by atoms with E-state index in [1.807, 2.05) is 43.3 Å². The van der Waals surface area contributed by atoms with Gasteiger partial charge in [0.1, 0.15) is 5.52 Å². The first-order chi connectivity index (χ1) is 12.2. The maximum Gasteiger partial charge on any atom is 0.178 e. The molecule has 0 unspecified atom stereocenters. The Balaban J connectivity index is 1.60. The number of rotatable bonds is 4. The second kappa shape index (κ2) is 6.32. The average molecular weight is 330 g/mol. The van der Waals surface area contributed by atoms with Gasteiger partial charge in [-0.1, -0.05) is 12.1 Å². The number of fused-ring (bicyclic) bond motifs is 1. The minimum absolute atomic E-state index is 0.645. The fourth-order valence-electron chi connectivity index (χ4n) is 2.69. The van der Waals surface area contributed by atoms with Gasteiger partial charge in [-0.15, -0.1) is 0 Å². The number of anilines is 1. The van der Waals surface area contributed by atoms with Crippen LogP contribution < -0.4 is 4.90 Å². The lowest BCUT2D eigenvalue weighted by Crippen LogP contribution is -2.09. The molecule has 0 aliphatic rings. The molecule has 0 saturated heterocycles. The SMILES string of the molecule is CN(C)c1cccc(Cn2cc(-c3cnc4cccnc4n3)cn2)c1. The molecule has 0 amide bonds. The van der Waals surface area contributed by atoms with E-state index >= 15 is 0 Å². The average Bonchev–Trinajstić information content (AvgIpc) is 3.10. The maximum atomic E-state index is 4.57. The second-order valence-corrected chi connectivity index (χ2v) is 6.09. The molecule has 3 heterocycles. The Bertz CT molecular complexity index is 1020. The van der Waals surface area contributed by atoms with Crippen LogP contribution in [0.5, 0.6) is 0 Å². The summed E-state index contributed by atoms with van der Waals surface area (Å²) in [5.41, 5.74) is 5.53.